The predicted octanol–water partition coefficient (Wildman–Crippen LogP) is 1.35. The van der Waals surface area contributed by atoms with Crippen molar-refractivity contribution >= 4 is 22.5 Å². The van der Waals surface area contributed by atoms with E-state index in [0.717, 1.165) is 5.69 Å². The second kappa shape index (κ2) is 3.37. The van der Waals surface area contributed by atoms with Crippen molar-refractivity contribution in [1.29, 1.82) is 0 Å². The van der Waals surface area contributed by atoms with E-state index in [1.54, 1.807) is 24.3 Å². The van der Waals surface area contributed by atoms with Gasteiger partial charge in [-0.1, -0.05) is 0 Å². The predicted molar refractivity (Wildman–Crippen MR) is 44.4 cm³/mol. The third kappa shape index (κ3) is 1.93. The van der Waals surface area contributed by atoms with Gasteiger partial charge in [0.25, 0.3) is 5.24 Å². The molecule has 0 heterocycles. The Balaban J connectivity index is 2.91. The Morgan fingerprint density at radius 2 is 1.91 bits per heavy atom. The summed E-state index contributed by atoms with van der Waals surface area (Å²) in [4.78, 5) is 10.6. The van der Waals surface area contributed by atoms with Crippen molar-refractivity contribution < 1.29 is 4.79 Å². The molecule has 0 saturated heterocycles. The Bertz CT molecular complexity index is 258. The Labute approximate surface area is 69.1 Å². The molecular formula is C7H7ClN2O. The summed E-state index contributed by atoms with van der Waals surface area (Å²) in [5.41, 5.74) is 3.64. The molecule has 0 fully saturated rings. The lowest BCUT2D eigenvalue weighted by atomic mass is 10.2. The van der Waals surface area contributed by atoms with E-state index in [1.165, 1.54) is 0 Å². The number of nitrogens with two attached hydrogens (primary N) is 1. The highest BCUT2D eigenvalue weighted by atomic mass is 35.5. The van der Waals surface area contributed by atoms with Gasteiger partial charge in [-0.05, 0) is 35.9 Å². The zero-order valence-corrected chi connectivity index (χ0v) is 6.43. The van der Waals surface area contributed by atoms with Gasteiger partial charge in [0.05, 0.1) is 0 Å². The molecule has 0 radical (unpaired) electrons. The van der Waals surface area contributed by atoms with E-state index >= 15 is 0 Å². The molecule has 4 heteroatoms. The fraction of sp³-hybridized carbons (Fsp3) is 0. The lowest BCUT2D eigenvalue weighted by molar-refractivity contribution is 0.108. The van der Waals surface area contributed by atoms with Crippen LogP contribution >= 0.6 is 11.6 Å². The van der Waals surface area contributed by atoms with Crippen LogP contribution < -0.4 is 11.3 Å². The van der Waals surface area contributed by atoms with Gasteiger partial charge in [0.2, 0.25) is 0 Å². The van der Waals surface area contributed by atoms with Crippen LogP contribution in [0.1, 0.15) is 10.4 Å². The van der Waals surface area contributed by atoms with Crippen LogP contribution in [0.4, 0.5) is 5.69 Å². The van der Waals surface area contributed by atoms with Gasteiger partial charge in [-0.25, -0.2) is 0 Å². The number of hydrogen-bond acceptors (Lipinski definition) is 3. The summed E-state index contributed by atoms with van der Waals surface area (Å²) < 4.78 is 0. The molecule has 0 bridgehead atoms. The molecular weight excluding hydrogens is 164 g/mol. The largest absolute Gasteiger partial charge is 0.324 e. The highest BCUT2D eigenvalue weighted by molar-refractivity contribution is 6.67. The highest BCUT2D eigenvalue weighted by Crippen LogP contribution is 2.09. The number of halogens is 1. The van der Waals surface area contributed by atoms with Crippen molar-refractivity contribution in [3.63, 3.8) is 0 Å². The highest BCUT2D eigenvalue weighted by Gasteiger charge is 1.98. The fourth-order valence-corrected chi connectivity index (χ4v) is 0.823. The van der Waals surface area contributed by atoms with Gasteiger partial charge in [-0.15, -0.1) is 0 Å². The zero-order chi connectivity index (χ0) is 8.27. The molecule has 0 unspecified atom stereocenters. The van der Waals surface area contributed by atoms with Crippen molar-refractivity contribution in [2.24, 2.45) is 5.84 Å². The molecule has 0 saturated carbocycles. The van der Waals surface area contributed by atoms with Crippen LogP contribution in [0.25, 0.3) is 0 Å². The maximum Gasteiger partial charge on any atom is 0.252 e. The van der Waals surface area contributed by atoms with Gasteiger partial charge in [0.15, 0.2) is 0 Å². The van der Waals surface area contributed by atoms with Gasteiger partial charge >= 0.3 is 0 Å². The minimum absolute atomic E-state index is 0.464. The summed E-state index contributed by atoms with van der Waals surface area (Å²) in [5.74, 6) is 5.11. The van der Waals surface area contributed by atoms with Gasteiger partial charge in [-0.2, -0.15) is 0 Å². The number of hydrazine groups is 1. The molecule has 3 nitrogen and oxygen atoms in total. The third-order valence-corrected chi connectivity index (χ3v) is 1.50. The van der Waals surface area contributed by atoms with Crippen LogP contribution in [0.15, 0.2) is 24.3 Å². The van der Waals surface area contributed by atoms with E-state index in [1.807, 2.05) is 0 Å². The van der Waals surface area contributed by atoms with Crippen LogP contribution in [0.3, 0.4) is 0 Å². The molecule has 0 amide bonds. The zero-order valence-electron chi connectivity index (χ0n) is 5.67. The number of benzene rings is 1. The van der Waals surface area contributed by atoms with Gasteiger partial charge < -0.3 is 5.43 Å². The monoisotopic (exact) mass is 170 g/mol. The summed E-state index contributed by atoms with van der Waals surface area (Å²) in [7, 11) is 0. The number of nitrogens with one attached hydrogen (secondary N) is 1. The Morgan fingerprint density at radius 1 is 1.36 bits per heavy atom. The summed E-state index contributed by atoms with van der Waals surface area (Å²) in [5, 5.41) is -0.464. The number of anilines is 1. The van der Waals surface area contributed by atoms with E-state index in [2.05, 4.69) is 5.43 Å². The van der Waals surface area contributed by atoms with Crippen LogP contribution in [0.5, 0.6) is 0 Å². The number of carbonyl (C=O) groups is 1. The molecule has 0 aliphatic heterocycles. The SMILES string of the molecule is NNc1ccc(C(=O)Cl)cc1. The molecule has 0 atom stereocenters. The van der Waals surface area contributed by atoms with Crippen molar-refractivity contribution in [3.8, 4) is 0 Å². The first-order valence-electron chi connectivity index (χ1n) is 3.00. The number of nitrogen functional groups attached to an aromatic ring is 1. The van der Waals surface area contributed by atoms with Crippen molar-refractivity contribution in [3.05, 3.63) is 29.8 Å². The van der Waals surface area contributed by atoms with E-state index in [0.29, 0.717) is 5.56 Å². The van der Waals surface area contributed by atoms with E-state index in [-0.39, 0.29) is 0 Å². The molecule has 1 aromatic rings. The molecule has 3 N–H and O–H groups in total. The number of carbonyl (C=O) groups excluding carboxylic acids is 1. The normalized spacial score (nSPS) is 9.27. The molecule has 0 aliphatic rings. The Morgan fingerprint density at radius 3 is 2.27 bits per heavy atom. The molecule has 0 aliphatic carbocycles. The molecule has 1 rings (SSSR count). The Hall–Kier alpha value is -1.06. The number of rotatable bonds is 2. The van der Waals surface area contributed by atoms with Gasteiger partial charge in [0, 0.05) is 11.3 Å². The van der Waals surface area contributed by atoms with E-state index in [4.69, 9.17) is 17.4 Å². The first-order chi connectivity index (χ1) is 5.24. The van der Waals surface area contributed by atoms with Crippen molar-refractivity contribution in [2.45, 2.75) is 0 Å². The summed E-state index contributed by atoms with van der Waals surface area (Å²) in [6.07, 6.45) is 0. The lowest BCUT2D eigenvalue weighted by Crippen LogP contribution is -2.06. The maximum atomic E-state index is 10.6. The van der Waals surface area contributed by atoms with Crippen LogP contribution in [0.2, 0.25) is 0 Å². The Kier molecular flexibility index (Phi) is 2.46. The summed E-state index contributed by atoms with van der Waals surface area (Å²) >= 11 is 5.21. The summed E-state index contributed by atoms with van der Waals surface area (Å²) in [6.45, 7) is 0. The van der Waals surface area contributed by atoms with Gasteiger partial charge in [-0.3, -0.25) is 10.6 Å². The lowest BCUT2D eigenvalue weighted by Gasteiger charge is -1.98. The fourth-order valence-electron chi connectivity index (χ4n) is 0.697. The maximum absolute atomic E-state index is 10.6. The first kappa shape index (κ1) is 8.04. The first-order valence-corrected chi connectivity index (χ1v) is 3.38. The smallest absolute Gasteiger partial charge is 0.252 e. The van der Waals surface area contributed by atoms with E-state index in [9.17, 15) is 4.79 Å². The van der Waals surface area contributed by atoms with Crippen LogP contribution in [-0.4, -0.2) is 5.24 Å². The van der Waals surface area contributed by atoms with Crippen molar-refractivity contribution in [1.82, 2.24) is 0 Å². The number of hydrogen-bond donors (Lipinski definition) is 2. The summed E-state index contributed by atoms with van der Waals surface area (Å²) in [6, 6.07) is 6.56. The topological polar surface area (TPSA) is 55.1 Å². The second-order valence-corrected chi connectivity index (χ2v) is 2.34. The van der Waals surface area contributed by atoms with Crippen molar-refractivity contribution in [2.75, 3.05) is 5.43 Å². The molecule has 0 aromatic heterocycles. The van der Waals surface area contributed by atoms with E-state index < -0.39 is 5.24 Å². The minimum Gasteiger partial charge on any atom is -0.324 e. The standard InChI is InChI=1S/C7H7ClN2O/c8-7(11)5-1-3-6(10-9)4-2-5/h1-4,10H,9H2. The quantitative estimate of drug-likeness (QED) is 0.400. The third-order valence-electron chi connectivity index (χ3n) is 1.28. The minimum atomic E-state index is -0.464. The molecule has 58 valence electrons. The molecule has 0 spiro atoms. The van der Waals surface area contributed by atoms with Crippen LogP contribution in [-0.2, 0) is 0 Å². The second-order valence-electron chi connectivity index (χ2n) is 2.00. The van der Waals surface area contributed by atoms with Crippen LogP contribution in [0, 0.1) is 0 Å². The molecule has 1 aromatic carbocycles. The average Bonchev–Trinajstić information content (AvgIpc) is 2.05. The molecule has 11 heavy (non-hydrogen) atoms. The van der Waals surface area contributed by atoms with Gasteiger partial charge in [0.1, 0.15) is 0 Å². The average molecular weight is 171 g/mol.